The third-order valence-corrected chi connectivity index (χ3v) is 3.70. The summed E-state index contributed by atoms with van der Waals surface area (Å²) in [6, 6.07) is 5.12. The highest BCUT2D eigenvalue weighted by Gasteiger charge is 2.08. The zero-order valence-corrected chi connectivity index (χ0v) is 12.0. The van der Waals surface area contributed by atoms with Gasteiger partial charge in [0.25, 0.3) is 5.56 Å². The summed E-state index contributed by atoms with van der Waals surface area (Å²) < 4.78 is 0.0142. The first-order valence-electron chi connectivity index (χ1n) is 4.89. The van der Waals surface area contributed by atoms with Crippen LogP contribution in [0.25, 0.3) is 0 Å². The number of hydrogen-bond donors (Lipinski definition) is 2. The number of nitrogens with one attached hydrogen (secondary N) is 1. The van der Waals surface area contributed by atoms with Crippen molar-refractivity contribution >= 4 is 39.1 Å². The Labute approximate surface area is 121 Å². The van der Waals surface area contributed by atoms with Crippen LogP contribution in [0.15, 0.2) is 27.5 Å². The molecule has 0 radical (unpaired) electrons. The highest BCUT2D eigenvalue weighted by molar-refractivity contribution is 9.10. The first kappa shape index (κ1) is 13.4. The lowest BCUT2D eigenvalue weighted by Gasteiger charge is -2.04. The van der Waals surface area contributed by atoms with Crippen molar-refractivity contribution in [1.82, 2.24) is 9.97 Å². The standard InChI is InChI=1S/C11H7BrCl2N2O2/c12-9-10(17)15-8(16-11(9)18)4-5-1-2-6(13)7(14)3-5/h1-3H,4H2,(H2,15,16,17,18). The number of nitrogens with zero attached hydrogens (tertiary/aromatic N) is 1. The lowest BCUT2D eigenvalue weighted by molar-refractivity contribution is 0.444. The molecule has 0 spiro atoms. The second-order valence-corrected chi connectivity index (χ2v) is 5.18. The van der Waals surface area contributed by atoms with Crippen LogP contribution in [0, 0.1) is 0 Å². The Hall–Kier alpha value is -1.04. The van der Waals surface area contributed by atoms with Crippen LogP contribution in [-0.4, -0.2) is 15.1 Å². The highest BCUT2D eigenvalue weighted by atomic mass is 79.9. The summed E-state index contributed by atoms with van der Waals surface area (Å²) in [6.45, 7) is 0. The van der Waals surface area contributed by atoms with E-state index in [4.69, 9.17) is 23.2 Å². The van der Waals surface area contributed by atoms with Crippen LogP contribution < -0.4 is 5.56 Å². The second kappa shape index (κ2) is 5.30. The van der Waals surface area contributed by atoms with E-state index in [0.717, 1.165) is 5.56 Å². The van der Waals surface area contributed by atoms with E-state index >= 15 is 0 Å². The Morgan fingerprint density at radius 3 is 2.67 bits per heavy atom. The Balaban J connectivity index is 2.34. The molecule has 0 aliphatic heterocycles. The first-order valence-corrected chi connectivity index (χ1v) is 6.44. The highest BCUT2D eigenvalue weighted by Crippen LogP contribution is 2.23. The number of benzene rings is 1. The van der Waals surface area contributed by atoms with Crippen molar-refractivity contribution < 1.29 is 5.11 Å². The van der Waals surface area contributed by atoms with Gasteiger partial charge >= 0.3 is 0 Å². The molecular formula is C11H7BrCl2N2O2. The van der Waals surface area contributed by atoms with Crippen LogP contribution in [0.3, 0.4) is 0 Å². The van der Waals surface area contributed by atoms with Crippen molar-refractivity contribution in [1.29, 1.82) is 0 Å². The van der Waals surface area contributed by atoms with Gasteiger partial charge in [0, 0.05) is 6.42 Å². The number of aromatic amines is 1. The molecular weight excluding hydrogens is 343 g/mol. The smallest absolute Gasteiger partial charge is 0.269 e. The number of aromatic nitrogens is 2. The number of halogens is 3. The molecule has 0 saturated carbocycles. The van der Waals surface area contributed by atoms with Gasteiger partial charge in [-0.25, -0.2) is 0 Å². The van der Waals surface area contributed by atoms with Gasteiger partial charge in [-0.1, -0.05) is 29.3 Å². The van der Waals surface area contributed by atoms with Gasteiger partial charge in [0.15, 0.2) is 0 Å². The molecule has 0 aliphatic carbocycles. The van der Waals surface area contributed by atoms with Crippen molar-refractivity contribution in [2.45, 2.75) is 6.42 Å². The van der Waals surface area contributed by atoms with Gasteiger partial charge in [-0.2, -0.15) is 4.98 Å². The van der Waals surface area contributed by atoms with Gasteiger partial charge in [-0.3, -0.25) is 4.79 Å². The fourth-order valence-electron chi connectivity index (χ4n) is 1.42. The molecule has 0 saturated heterocycles. The van der Waals surface area contributed by atoms with Gasteiger partial charge in [-0.05, 0) is 33.6 Å². The molecule has 4 nitrogen and oxygen atoms in total. The third kappa shape index (κ3) is 2.85. The summed E-state index contributed by atoms with van der Waals surface area (Å²) in [4.78, 5) is 17.8. The zero-order chi connectivity index (χ0) is 13.3. The van der Waals surface area contributed by atoms with Crippen LogP contribution in [-0.2, 0) is 6.42 Å². The molecule has 0 atom stereocenters. The van der Waals surface area contributed by atoms with Crippen LogP contribution >= 0.6 is 39.1 Å². The van der Waals surface area contributed by atoms with Gasteiger partial charge in [0.05, 0.1) is 10.0 Å². The molecule has 1 aromatic carbocycles. The molecule has 1 aromatic heterocycles. The maximum Gasteiger partial charge on any atom is 0.269 e. The van der Waals surface area contributed by atoms with E-state index in [1.54, 1.807) is 18.2 Å². The van der Waals surface area contributed by atoms with Gasteiger partial charge in [0.2, 0.25) is 5.88 Å². The summed E-state index contributed by atoms with van der Waals surface area (Å²) in [5.74, 6) is 0.00731. The number of aromatic hydroxyl groups is 1. The number of H-pyrrole nitrogens is 1. The molecule has 0 bridgehead atoms. The SMILES string of the molecule is O=c1[nH]c(Cc2ccc(Cl)c(Cl)c2)nc(O)c1Br. The molecule has 7 heteroatoms. The quantitative estimate of drug-likeness (QED) is 0.875. The Bertz CT molecular complexity index is 658. The minimum absolute atomic E-state index is 0.0142. The van der Waals surface area contributed by atoms with Gasteiger partial charge in [0.1, 0.15) is 10.3 Å². The summed E-state index contributed by atoms with van der Waals surface area (Å²) in [7, 11) is 0. The zero-order valence-electron chi connectivity index (χ0n) is 8.88. The molecule has 0 unspecified atom stereocenters. The van der Waals surface area contributed by atoms with Crippen LogP contribution in [0.1, 0.15) is 11.4 Å². The molecule has 2 aromatic rings. The van der Waals surface area contributed by atoms with Crippen molar-refractivity contribution in [3.05, 3.63) is 54.5 Å². The average molecular weight is 350 g/mol. The summed E-state index contributed by atoms with van der Waals surface area (Å²) in [5, 5.41) is 10.3. The van der Waals surface area contributed by atoms with Crippen LogP contribution in [0.4, 0.5) is 0 Å². The van der Waals surface area contributed by atoms with E-state index in [1.807, 2.05) is 0 Å². The fourth-order valence-corrected chi connectivity index (χ4v) is 1.93. The summed E-state index contributed by atoms with van der Waals surface area (Å²) >= 11 is 14.6. The van der Waals surface area contributed by atoms with Crippen molar-refractivity contribution in [2.24, 2.45) is 0 Å². The molecule has 0 amide bonds. The Kier molecular flexibility index (Phi) is 3.94. The fraction of sp³-hybridized carbons (Fsp3) is 0.0909. The molecule has 18 heavy (non-hydrogen) atoms. The predicted molar refractivity (Wildman–Crippen MR) is 73.5 cm³/mol. The Morgan fingerprint density at radius 2 is 2.06 bits per heavy atom. The molecule has 2 rings (SSSR count). The van der Waals surface area contributed by atoms with E-state index in [9.17, 15) is 9.90 Å². The van der Waals surface area contributed by atoms with Crippen molar-refractivity contribution in [3.63, 3.8) is 0 Å². The summed E-state index contributed by atoms with van der Waals surface area (Å²) in [6.07, 6.45) is 0.340. The average Bonchev–Trinajstić information content (AvgIpc) is 2.31. The monoisotopic (exact) mass is 348 g/mol. The van der Waals surface area contributed by atoms with Crippen LogP contribution in [0.2, 0.25) is 10.0 Å². The van der Waals surface area contributed by atoms with E-state index in [2.05, 4.69) is 25.9 Å². The van der Waals surface area contributed by atoms with E-state index in [1.165, 1.54) is 0 Å². The largest absolute Gasteiger partial charge is 0.492 e. The van der Waals surface area contributed by atoms with Crippen molar-refractivity contribution in [2.75, 3.05) is 0 Å². The molecule has 94 valence electrons. The maximum absolute atomic E-state index is 11.4. The lowest BCUT2D eigenvalue weighted by atomic mass is 10.1. The molecule has 2 N–H and O–H groups in total. The lowest BCUT2D eigenvalue weighted by Crippen LogP contribution is -2.12. The van der Waals surface area contributed by atoms with E-state index < -0.39 is 5.56 Å². The minimum atomic E-state index is -0.433. The van der Waals surface area contributed by atoms with Crippen LogP contribution in [0.5, 0.6) is 5.88 Å². The van der Waals surface area contributed by atoms with Gasteiger partial charge in [-0.15, -0.1) is 0 Å². The number of hydrogen-bond acceptors (Lipinski definition) is 3. The topological polar surface area (TPSA) is 66.0 Å². The van der Waals surface area contributed by atoms with E-state index in [-0.39, 0.29) is 10.4 Å². The third-order valence-electron chi connectivity index (χ3n) is 2.25. The second-order valence-electron chi connectivity index (χ2n) is 3.58. The van der Waals surface area contributed by atoms with E-state index in [0.29, 0.717) is 22.3 Å². The van der Waals surface area contributed by atoms with Gasteiger partial charge < -0.3 is 10.1 Å². The number of rotatable bonds is 2. The summed E-state index contributed by atoms with van der Waals surface area (Å²) in [5.41, 5.74) is 0.395. The molecule has 0 aliphatic rings. The Morgan fingerprint density at radius 1 is 1.33 bits per heavy atom. The molecule has 0 fully saturated rings. The minimum Gasteiger partial charge on any atom is -0.492 e. The molecule has 1 heterocycles. The van der Waals surface area contributed by atoms with Crippen molar-refractivity contribution in [3.8, 4) is 5.88 Å². The first-order chi connectivity index (χ1) is 8.47. The normalized spacial score (nSPS) is 10.6. The maximum atomic E-state index is 11.4. The predicted octanol–water partition coefficient (Wildman–Crippen LogP) is 3.14.